The maximum atomic E-state index is 13.2. The number of non-ortho nitro benzene ring substituents is 1. The molecule has 10 nitrogen and oxygen atoms in total. The summed E-state index contributed by atoms with van der Waals surface area (Å²) < 4.78 is 12.9. The Balaban J connectivity index is 1.46. The highest BCUT2D eigenvalue weighted by Gasteiger charge is 2.30. The summed E-state index contributed by atoms with van der Waals surface area (Å²) in [5, 5.41) is 17.4. The van der Waals surface area contributed by atoms with Gasteiger partial charge in [-0.25, -0.2) is 4.98 Å². The molecule has 3 aromatic carbocycles. The summed E-state index contributed by atoms with van der Waals surface area (Å²) in [6.45, 7) is 0.125. The number of hydrogen-bond acceptors (Lipinski definition) is 7. The summed E-state index contributed by atoms with van der Waals surface area (Å²) in [6.07, 6.45) is 3.62. The van der Waals surface area contributed by atoms with Crippen molar-refractivity contribution in [2.75, 3.05) is 17.4 Å². The van der Waals surface area contributed by atoms with Crippen LogP contribution >= 0.6 is 0 Å². The van der Waals surface area contributed by atoms with Gasteiger partial charge >= 0.3 is 0 Å². The molecule has 0 aliphatic carbocycles. The lowest BCUT2D eigenvalue weighted by atomic mass is 9.99. The van der Waals surface area contributed by atoms with Gasteiger partial charge in [-0.15, -0.1) is 0 Å². The molecular weight excluding hydrogens is 462 g/mol. The number of hydrogen-bond donors (Lipinski definition) is 2. The van der Waals surface area contributed by atoms with Gasteiger partial charge in [0, 0.05) is 54.0 Å². The van der Waals surface area contributed by atoms with Gasteiger partial charge in [-0.05, 0) is 48.5 Å². The molecule has 3 heterocycles. The first-order valence-electron chi connectivity index (χ1n) is 11.1. The van der Waals surface area contributed by atoms with E-state index in [1.807, 2.05) is 48.1 Å². The summed E-state index contributed by atoms with van der Waals surface area (Å²) in [5.74, 6) is 1.66. The van der Waals surface area contributed by atoms with E-state index < -0.39 is 4.92 Å². The third kappa shape index (κ3) is 3.61. The van der Waals surface area contributed by atoms with E-state index in [-0.39, 0.29) is 18.4 Å². The largest absolute Gasteiger partial charge is 0.454 e. The molecule has 0 fully saturated rings. The summed E-state index contributed by atoms with van der Waals surface area (Å²) in [7, 11) is 1.93. The number of nitro groups is 1. The quantitative estimate of drug-likeness (QED) is 0.242. The van der Waals surface area contributed by atoms with E-state index in [0.717, 1.165) is 17.1 Å². The first-order chi connectivity index (χ1) is 17.5. The van der Waals surface area contributed by atoms with E-state index in [4.69, 9.17) is 9.47 Å². The van der Waals surface area contributed by atoms with Gasteiger partial charge in [0.05, 0.1) is 21.9 Å². The number of nitrogens with zero attached hydrogens (tertiary/aromatic N) is 3. The predicted octanol–water partition coefficient (Wildman–Crippen LogP) is 4.66. The average Bonchev–Trinajstić information content (AvgIpc) is 3.60. The van der Waals surface area contributed by atoms with Crippen molar-refractivity contribution in [3.8, 4) is 22.9 Å². The Kier molecular flexibility index (Phi) is 4.92. The molecule has 178 valence electrons. The summed E-state index contributed by atoms with van der Waals surface area (Å²) in [6, 6.07) is 17.4. The lowest BCUT2D eigenvalue weighted by molar-refractivity contribution is -0.384. The zero-order chi connectivity index (χ0) is 24.8. The Bertz CT molecular complexity index is 1570. The lowest BCUT2D eigenvalue weighted by Crippen LogP contribution is -2.10. The van der Waals surface area contributed by atoms with Crippen LogP contribution in [-0.2, 0) is 11.8 Å². The minimum atomic E-state index is -0.492. The van der Waals surface area contributed by atoms with Crippen molar-refractivity contribution in [3.05, 3.63) is 94.3 Å². The second kappa shape index (κ2) is 8.27. The van der Waals surface area contributed by atoms with Gasteiger partial charge in [-0.2, -0.15) is 0 Å². The minimum Gasteiger partial charge on any atom is -0.454 e. The van der Waals surface area contributed by atoms with Crippen molar-refractivity contribution in [2.24, 2.45) is 7.05 Å². The van der Waals surface area contributed by atoms with Crippen molar-refractivity contribution in [1.82, 2.24) is 9.55 Å². The number of aromatic nitrogens is 2. The van der Waals surface area contributed by atoms with Crippen molar-refractivity contribution >= 4 is 34.2 Å². The molecule has 6 rings (SSSR count). The number of aryl methyl sites for hydroxylation is 1. The monoisotopic (exact) mass is 481 g/mol. The zero-order valence-electron chi connectivity index (χ0n) is 19.0. The van der Waals surface area contributed by atoms with E-state index in [9.17, 15) is 14.9 Å². The topological polar surface area (TPSA) is 121 Å². The number of nitro benzene ring substituents is 1. The normalized spacial score (nSPS) is 14.9. The Labute approximate surface area is 205 Å². The number of benzene rings is 3. The maximum Gasteiger partial charge on any atom is 0.271 e. The molecule has 36 heavy (non-hydrogen) atoms. The second-order valence-corrected chi connectivity index (χ2v) is 8.32. The van der Waals surface area contributed by atoms with Crippen LogP contribution in [0.2, 0.25) is 0 Å². The predicted molar refractivity (Wildman–Crippen MR) is 133 cm³/mol. The summed E-state index contributed by atoms with van der Waals surface area (Å²) in [4.78, 5) is 28.3. The third-order valence-corrected chi connectivity index (χ3v) is 6.10. The first kappa shape index (κ1) is 21.4. The number of fused-ring (bicyclic) bond motifs is 2. The van der Waals surface area contributed by atoms with Crippen molar-refractivity contribution in [3.63, 3.8) is 0 Å². The van der Waals surface area contributed by atoms with Crippen LogP contribution in [-0.4, -0.2) is 27.2 Å². The molecule has 1 aromatic heterocycles. The molecule has 0 saturated heterocycles. The molecular formula is C26H19N5O5. The van der Waals surface area contributed by atoms with Gasteiger partial charge < -0.3 is 24.7 Å². The number of carbonyl (C=O) groups is 1. The highest BCUT2D eigenvalue weighted by atomic mass is 16.7. The van der Waals surface area contributed by atoms with Gasteiger partial charge in [-0.1, -0.05) is 0 Å². The van der Waals surface area contributed by atoms with Crippen LogP contribution in [0.25, 0.3) is 22.7 Å². The second-order valence-electron chi connectivity index (χ2n) is 8.32. The Morgan fingerprint density at radius 2 is 1.89 bits per heavy atom. The smallest absolute Gasteiger partial charge is 0.271 e. The zero-order valence-corrected chi connectivity index (χ0v) is 19.0. The van der Waals surface area contributed by atoms with E-state index in [1.165, 1.54) is 12.1 Å². The highest BCUT2D eigenvalue weighted by Crippen LogP contribution is 2.41. The van der Waals surface area contributed by atoms with E-state index in [1.54, 1.807) is 24.4 Å². The van der Waals surface area contributed by atoms with Crippen molar-refractivity contribution in [2.45, 2.75) is 0 Å². The molecule has 2 aliphatic heterocycles. The molecule has 1 amide bonds. The molecule has 0 saturated carbocycles. The number of imidazole rings is 1. The van der Waals surface area contributed by atoms with Crippen LogP contribution in [0.4, 0.5) is 17.1 Å². The van der Waals surface area contributed by atoms with Crippen molar-refractivity contribution in [1.29, 1.82) is 0 Å². The van der Waals surface area contributed by atoms with Crippen LogP contribution in [0, 0.1) is 10.1 Å². The number of carbonyl (C=O) groups excluding carboxylic acids is 1. The minimum absolute atomic E-state index is 0.0993. The summed E-state index contributed by atoms with van der Waals surface area (Å²) >= 11 is 0. The molecule has 0 spiro atoms. The molecule has 0 atom stereocenters. The van der Waals surface area contributed by atoms with E-state index in [2.05, 4.69) is 15.6 Å². The SMILES string of the molecule is Cn1ccnc1-c1ccc(NC(=C2C(=O)Nc3cc([N+](=O)[O-])ccc32)c2ccc3c(c2)OCO3)cc1. The molecule has 0 radical (unpaired) electrons. The third-order valence-electron chi connectivity index (χ3n) is 6.10. The molecule has 2 aliphatic rings. The fourth-order valence-corrected chi connectivity index (χ4v) is 4.34. The van der Waals surface area contributed by atoms with Crippen LogP contribution in [0.3, 0.4) is 0 Å². The Morgan fingerprint density at radius 3 is 2.64 bits per heavy atom. The van der Waals surface area contributed by atoms with Crippen LogP contribution in [0.15, 0.2) is 73.1 Å². The molecule has 0 unspecified atom stereocenters. The maximum absolute atomic E-state index is 13.2. The number of ether oxygens (including phenoxy) is 2. The molecule has 2 N–H and O–H groups in total. The fourth-order valence-electron chi connectivity index (χ4n) is 4.34. The van der Waals surface area contributed by atoms with Crippen molar-refractivity contribution < 1.29 is 19.2 Å². The van der Waals surface area contributed by atoms with E-state index in [0.29, 0.717) is 39.6 Å². The molecule has 0 bridgehead atoms. The molecule has 4 aromatic rings. The van der Waals surface area contributed by atoms with Gasteiger partial charge in [0.15, 0.2) is 11.5 Å². The van der Waals surface area contributed by atoms with E-state index >= 15 is 0 Å². The first-order valence-corrected chi connectivity index (χ1v) is 11.1. The summed E-state index contributed by atoms with van der Waals surface area (Å²) in [5.41, 5.74) is 4.14. The standard InChI is InChI=1S/C26H19N5O5/c1-30-11-10-27-25(30)15-2-5-17(6-3-15)28-24(16-4-9-21-22(12-16)36-14-35-21)23-19-8-7-18(31(33)34)13-20(19)29-26(23)32/h2-13,28H,14H2,1H3,(H,29,32). The Morgan fingerprint density at radius 1 is 1.08 bits per heavy atom. The number of amides is 1. The average molecular weight is 481 g/mol. The lowest BCUT2D eigenvalue weighted by Gasteiger charge is -2.15. The fraction of sp³-hybridized carbons (Fsp3) is 0.0769. The Hall–Kier alpha value is -5.12. The highest BCUT2D eigenvalue weighted by molar-refractivity contribution is 6.37. The van der Waals surface area contributed by atoms with Crippen LogP contribution in [0.5, 0.6) is 11.5 Å². The molecule has 10 heteroatoms. The van der Waals surface area contributed by atoms with Crippen LogP contribution in [0.1, 0.15) is 11.1 Å². The van der Waals surface area contributed by atoms with Crippen LogP contribution < -0.4 is 20.1 Å². The number of nitrogens with one attached hydrogen (secondary N) is 2. The number of rotatable bonds is 5. The van der Waals surface area contributed by atoms with Gasteiger partial charge in [0.1, 0.15) is 5.82 Å². The number of anilines is 2. The van der Waals surface area contributed by atoms with Gasteiger partial charge in [0.2, 0.25) is 6.79 Å². The van der Waals surface area contributed by atoms with Gasteiger partial charge in [-0.3, -0.25) is 14.9 Å². The van der Waals surface area contributed by atoms with Gasteiger partial charge in [0.25, 0.3) is 11.6 Å².